The molecule has 0 spiro atoms. The molecule has 0 fully saturated rings. The summed E-state index contributed by atoms with van der Waals surface area (Å²) in [5.74, 6) is -0.330. The smallest absolute Gasteiger partial charge is 0.338 e. The SMILES string of the molecule is COCCOC(=O)c1ccc(-c2ccc(-c3ccc(C)cc3)cc2)cc1. The summed E-state index contributed by atoms with van der Waals surface area (Å²) in [6, 6.07) is 24.4. The number of benzene rings is 3. The standard InChI is InChI=1S/C23H22O3/c1-17-3-5-18(6-4-17)19-7-9-20(10-8-19)21-11-13-22(14-12-21)23(24)26-16-15-25-2/h3-14H,15-16H2,1-2H3. The molecule has 0 N–H and O–H groups in total. The van der Waals surface area contributed by atoms with Crippen molar-refractivity contribution in [1.29, 1.82) is 0 Å². The van der Waals surface area contributed by atoms with Crippen LogP contribution in [0.1, 0.15) is 15.9 Å². The van der Waals surface area contributed by atoms with Gasteiger partial charge in [-0.25, -0.2) is 4.79 Å². The average Bonchev–Trinajstić information content (AvgIpc) is 2.69. The predicted molar refractivity (Wildman–Crippen MR) is 104 cm³/mol. The molecule has 0 atom stereocenters. The highest BCUT2D eigenvalue weighted by molar-refractivity contribution is 5.90. The Kier molecular flexibility index (Phi) is 5.82. The van der Waals surface area contributed by atoms with Crippen molar-refractivity contribution in [3.05, 3.63) is 83.9 Å². The maximum absolute atomic E-state index is 11.9. The van der Waals surface area contributed by atoms with Gasteiger partial charge in [-0.05, 0) is 41.3 Å². The van der Waals surface area contributed by atoms with E-state index in [1.807, 2.05) is 12.1 Å². The second kappa shape index (κ2) is 8.45. The van der Waals surface area contributed by atoms with E-state index in [1.54, 1.807) is 19.2 Å². The fraction of sp³-hybridized carbons (Fsp3) is 0.174. The first-order valence-corrected chi connectivity index (χ1v) is 8.61. The minimum atomic E-state index is -0.330. The second-order valence-electron chi connectivity index (χ2n) is 6.15. The topological polar surface area (TPSA) is 35.5 Å². The van der Waals surface area contributed by atoms with Crippen LogP contribution >= 0.6 is 0 Å². The molecular weight excluding hydrogens is 324 g/mol. The first kappa shape index (κ1) is 17.9. The molecule has 0 radical (unpaired) electrons. The fourth-order valence-corrected chi connectivity index (χ4v) is 2.70. The van der Waals surface area contributed by atoms with Crippen molar-refractivity contribution >= 4 is 5.97 Å². The Morgan fingerprint density at radius 1 is 0.692 bits per heavy atom. The van der Waals surface area contributed by atoms with Crippen LogP contribution in [0.5, 0.6) is 0 Å². The maximum Gasteiger partial charge on any atom is 0.338 e. The summed E-state index contributed by atoms with van der Waals surface area (Å²) in [5, 5.41) is 0. The Morgan fingerprint density at radius 3 is 1.58 bits per heavy atom. The number of ether oxygens (including phenoxy) is 2. The zero-order valence-electron chi connectivity index (χ0n) is 15.1. The van der Waals surface area contributed by atoms with E-state index in [0.29, 0.717) is 12.2 Å². The number of hydrogen-bond donors (Lipinski definition) is 0. The van der Waals surface area contributed by atoms with Crippen LogP contribution in [0.25, 0.3) is 22.3 Å². The number of esters is 1. The van der Waals surface area contributed by atoms with Crippen molar-refractivity contribution < 1.29 is 14.3 Å². The molecule has 0 aliphatic carbocycles. The molecule has 3 nitrogen and oxygen atoms in total. The molecule has 132 valence electrons. The monoisotopic (exact) mass is 346 g/mol. The van der Waals surface area contributed by atoms with Gasteiger partial charge in [0.2, 0.25) is 0 Å². The van der Waals surface area contributed by atoms with Gasteiger partial charge in [0.05, 0.1) is 12.2 Å². The van der Waals surface area contributed by atoms with Gasteiger partial charge in [0.1, 0.15) is 6.61 Å². The summed E-state index contributed by atoms with van der Waals surface area (Å²) in [4.78, 5) is 11.9. The summed E-state index contributed by atoms with van der Waals surface area (Å²) in [6.07, 6.45) is 0. The van der Waals surface area contributed by atoms with Crippen LogP contribution < -0.4 is 0 Å². The van der Waals surface area contributed by atoms with E-state index >= 15 is 0 Å². The number of hydrogen-bond acceptors (Lipinski definition) is 3. The first-order chi connectivity index (χ1) is 12.7. The highest BCUT2D eigenvalue weighted by Crippen LogP contribution is 2.25. The van der Waals surface area contributed by atoms with Gasteiger partial charge in [0.15, 0.2) is 0 Å². The van der Waals surface area contributed by atoms with Gasteiger partial charge < -0.3 is 9.47 Å². The molecule has 0 amide bonds. The lowest BCUT2D eigenvalue weighted by Crippen LogP contribution is -2.09. The van der Waals surface area contributed by atoms with Gasteiger partial charge in [0, 0.05) is 7.11 Å². The Labute approximate surface area is 154 Å². The van der Waals surface area contributed by atoms with E-state index in [9.17, 15) is 4.79 Å². The summed E-state index contributed by atoms with van der Waals surface area (Å²) in [5.41, 5.74) is 6.37. The van der Waals surface area contributed by atoms with Gasteiger partial charge >= 0.3 is 5.97 Å². The third kappa shape index (κ3) is 4.38. The summed E-state index contributed by atoms with van der Waals surface area (Å²) in [6.45, 7) is 2.75. The van der Waals surface area contributed by atoms with Crippen molar-refractivity contribution in [3.8, 4) is 22.3 Å². The molecule has 0 aliphatic rings. The zero-order chi connectivity index (χ0) is 18.4. The lowest BCUT2D eigenvalue weighted by atomic mass is 9.99. The molecule has 0 unspecified atom stereocenters. The third-order valence-electron chi connectivity index (χ3n) is 4.24. The van der Waals surface area contributed by atoms with Crippen molar-refractivity contribution in [2.24, 2.45) is 0 Å². The number of rotatable bonds is 6. The molecule has 0 bridgehead atoms. The van der Waals surface area contributed by atoms with Gasteiger partial charge in [-0.15, -0.1) is 0 Å². The van der Waals surface area contributed by atoms with E-state index in [1.165, 1.54) is 16.7 Å². The molecule has 0 saturated heterocycles. The molecule has 0 saturated carbocycles. The number of methoxy groups -OCH3 is 1. The van der Waals surface area contributed by atoms with Gasteiger partial charge in [-0.2, -0.15) is 0 Å². The summed E-state index contributed by atoms with van der Waals surface area (Å²) >= 11 is 0. The lowest BCUT2D eigenvalue weighted by Gasteiger charge is -2.07. The largest absolute Gasteiger partial charge is 0.460 e. The molecular formula is C23H22O3. The maximum atomic E-state index is 11.9. The third-order valence-corrected chi connectivity index (χ3v) is 4.24. The van der Waals surface area contributed by atoms with Crippen LogP contribution in [0.3, 0.4) is 0 Å². The normalized spacial score (nSPS) is 10.5. The van der Waals surface area contributed by atoms with Crippen LogP contribution in [0.2, 0.25) is 0 Å². The molecule has 3 rings (SSSR count). The van der Waals surface area contributed by atoms with Crippen LogP contribution in [-0.4, -0.2) is 26.3 Å². The van der Waals surface area contributed by atoms with E-state index < -0.39 is 0 Å². The Hall–Kier alpha value is -2.91. The van der Waals surface area contributed by atoms with E-state index in [4.69, 9.17) is 9.47 Å². The summed E-state index contributed by atoms with van der Waals surface area (Å²) < 4.78 is 10.00. The highest BCUT2D eigenvalue weighted by atomic mass is 16.6. The predicted octanol–water partition coefficient (Wildman–Crippen LogP) is 5.13. The Balaban J connectivity index is 1.71. The first-order valence-electron chi connectivity index (χ1n) is 8.61. The molecule has 3 aromatic rings. The van der Waals surface area contributed by atoms with E-state index in [0.717, 1.165) is 11.1 Å². The average molecular weight is 346 g/mol. The van der Waals surface area contributed by atoms with Gasteiger partial charge in [-0.3, -0.25) is 0 Å². The fourth-order valence-electron chi connectivity index (χ4n) is 2.70. The van der Waals surface area contributed by atoms with Crippen molar-refractivity contribution in [2.45, 2.75) is 6.92 Å². The zero-order valence-corrected chi connectivity index (χ0v) is 15.1. The van der Waals surface area contributed by atoms with Crippen molar-refractivity contribution in [3.63, 3.8) is 0 Å². The Bertz CT molecular complexity index is 847. The number of aryl methyl sites for hydroxylation is 1. The van der Waals surface area contributed by atoms with Crippen LogP contribution in [0.15, 0.2) is 72.8 Å². The second-order valence-corrected chi connectivity index (χ2v) is 6.15. The van der Waals surface area contributed by atoms with Crippen LogP contribution in [-0.2, 0) is 9.47 Å². The minimum absolute atomic E-state index is 0.261. The molecule has 3 aromatic carbocycles. The van der Waals surface area contributed by atoms with Gasteiger partial charge in [-0.1, -0.05) is 66.2 Å². The van der Waals surface area contributed by atoms with E-state index in [2.05, 4.69) is 55.5 Å². The van der Waals surface area contributed by atoms with Crippen LogP contribution in [0, 0.1) is 6.92 Å². The molecule has 0 heterocycles. The molecule has 26 heavy (non-hydrogen) atoms. The van der Waals surface area contributed by atoms with Crippen molar-refractivity contribution in [1.82, 2.24) is 0 Å². The quantitative estimate of drug-likeness (QED) is 0.458. The molecule has 0 aliphatic heterocycles. The number of carbonyl (C=O) groups excluding carboxylic acids is 1. The summed E-state index contributed by atoms with van der Waals surface area (Å²) in [7, 11) is 1.58. The van der Waals surface area contributed by atoms with Crippen LogP contribution in [0.4, 0.5) is 0 Å². The van der Waals surface area contributed by atoms with Gasteiger partial charge in [0.25, 0.3) is 0 Å². The molecule has 3 heteroatoms. The number of carbonyl (C=O) groups is 1. The minimum Gasteiger partial charge on any atom is -0.460 e. The van der Waals surface area contributed by atoms with E-state index in [-0.39, 0.29) is 12.6 Å². The lowest BCUT2D eigenvalue weighted by molar-refractivity contribution is 0.0388. The molecule has 0 aromatic heterocycles. The highest BCUT2D eigenvalue weighted by Gasteiger charge is 2.07. The van der Waals surface area contributed by atoms with Crippen molar-refractivity contribution in [2.75, 3.05) is 20.3 Å². The Morgan fingerprint density at radius 2 is 1.12 bits per heavy atom.